The number of hydrogen-bond donors (Lipinski definition) is 0. The van der Waals surface area contributed by atoms with E-state index in [2.05, 4.69) is 20.9 Å². The van der Waals surface area contributed by atoms with Crippen LogP contribution in [0.4, 0.5) is 0 Å². The van der Waals surface area contributed by atoms with E-state index >= 15 is 0 Å². The highest BCUT2D eigenvalue weighted by atomic mass is 79.9. The lowest BCUT2D eigenvalue weighted by Crippen LogP contribution is -1.96. The SMILES string of the molecule is COc1cc(Oc2ccc(Br)cn2)cc(OC)c1OC. The largest absolute Gasteiger partial charge is 0.493 e. The number of halogens is 1. The van der Waals surface area contributed by atoms with Crippen molar-refractivity contribution in [3.05, 3.63) is 34.9 Å². The standard InChI is InChI=1S/C14H14BrNO4/c1-17-11-6-10(7-12(18-2)14(11)19-3)20-13-5-4-9(15)8-16-13/h4-8H,1-3H3. The van der Waals surface area contributed by atoms with Crippen molar-refractivity contribution < 1.29 is 18.9 Å². The van der Waals surface area contributed by atoms with Crippen molar-refractivity contribution in [1.82, 2.24) is 4.98 Å². The topological polar surface area (TPSA) is 49.8 Å². The first-order valence-electron chi connectivity index (χ1n) is 5.77. The van der Waals surface area contributed by atoms with Gasteiger partial charge in [-0.1, -0.05) is 0 Å². The molecule has 0 aliphatic rings. The summed E-state index contributed by atoms with van der Waals surface area (Å²) in [7, 11) is 4.66. The molecule has 6 heteroatoms. The Bertz CT molecular complexity index is 561. The van der Waals surface area contributed by atoms with Gasteiger partial charge in [0, 0.05) is 28.9 Å². The minimum absolute atomic E-state index is 0.475. The maximum atomic E-state index is 5.67. The van der Waals surface area contributed by atoms with Crippen LogP contribution in [0.2, 0.25) is 0 Å². The summed E-state index contributed by atoms with van der Waals surface area (Å²) in [6.45, 7) is 0. The molecule has 2 aromatic rings. The second-order valence-electron chi connectivity index (χ2n) is 3.78. The molecule has 0 saturated carbocycles. The van der Waals surface area contributed by atoms with E-state index < -0.39 is 0 Å². The van der Waals surface area contributed by atoms with Crippen LogP contribution < -0.4 is 18.9 Å². The summed E-state index contributed by atoms with van der Waals surface area (Å²) in [6, 6.07) is 7.03. The number of rotatable bonds is 5. The number of pyridine rings is 1. The van der Waals surface area contributed by atoms with Gasteiger partial charge in [-0.15, -0.1) is 0 Å². The maximum Gasteiger partial charge on any atom is 0.219 e. The highest BCUT2D eigenvalue weighted by molar-refractivity contribution is 9.10. The fourth-order valence-electron chi connectivity index (χ4n) is 1.66. The zero-order chi connectivity index (χ0) is 14.5. The average molecular weight is 340 g/mol. The molecule has 0 amide bonds. The highest BCUT2D eigenvalue weighted by Gasteiger charge is 2.14. The Labute approximate surface area is 125 Å². The first-order valence-corrected chi connectivity index (χ1v) is 6.56. The summed E-state index contributed by atoms with van der Waals surface area (Å²) in [5.74, 6) is 2.60. The number of benzene rings is 1. The minimum Gasteiger partial charge on any atom is -0.493 e. The Hall–Kier alpha value is -1.95. The summed E-state index contributed by atoms with van der Waals surface area (Å²) >= 11 is 3.32. The summed E-state index contributed by atoms with van der Waals surface area (Å²) in [4.78, 5) is 4.15. The summed E-state index contributed by atoms with van der Waals surface area (Å²) in [5.41, 5.74) is 0. The van der Waals surface area contributed by atoms with Gasteiger partial charge in [0.05, 0.1) is 21.3 Å². The van der Waals surface area contributed by atoms with Crippen molar-refractivity contribution in [3.63, 3.8) is 0 Å². The number of aromatic nitrogens is 1. The molecule has 0 unspecified atom stereocenters. The molecule has 1 aromatic carbocycles. The van der Waals surface area contributed by atoms with Gasteiger partial charge in [-0.25, -0.2) is 4.98 Å². The Morgan fingerprint density at radius 2 is 1.60 bits per heavy atom. The predicted octanol–water partition coefficient (Wildman–Crippen LogP) is 3.66. The molecule has 20 heavy (non-hydrogen) atoms. The van der Waals surface area contributed by atoms with E-state index in [1.807, 2.05) is 6.07 Å². The summed E-state index contributed by atoms with van der Waals surface area (Å²) < 4.78 is 22.3. The fraction of sp³-hybridized carbons (Fsp3) is 0.214. The molecule has 106 valence electrons. The lowest BCUT2D eigenvalue weighted by molar-refractivity contribution is 0.320. The van der Waals surface area contributed by atoms with Crippen LogP contribution in [0.3, 0.4) is 0 Å². The molecule has 1 heterocycles. The zero-order valence-corrected chi connectivity index (χ0v) is 12.9. The van der Waals surface area contributed by atoms with E-state index in [0.29, 0.717) is 28.9 Å². The van der Waals surface area contributed by atoms with E-state index in [4.69, 9.17) is 18.9 Å². The van der Waals surface area contributed by atoms with Gasteiger partial charge in [0.15, 0.2) is 11.5 Å². The van der Waals surface area contributed by atoms with Gasteiger partial charge in [-0.3, -0.25) is 0 Å². The number of nitrogens with zero attached hydrogens (tertiary/aromatic N) is 1. The molecule has 5 nitrogen and oxygen atoms in total. The van der Waals surface area contributed by atoms with Crippen molar-refractivity contribution in [2.45, 2.75) is 0 Å². The fourth-order valence-corrected chi connectivity index (χ4v) is 1.89. The maximum absolute atomic E-state index is 5.67. The quantitative estimate of drug-likeness (QED) is 0.831. The molecule has 0 aliphatic heterocycles. The van der Waals surface area contributed by atoms with Crippen LogP contribution >= 0.6 is 15.9 Å². The van der Waals surface area contributed by atoms with Crippen LogP contribution in [0.5, 0.6) is 28.9 Å². The van der Waals surface area contributed by atoms with Gasteiger partial charge < -0.3 is 18.9 Å². The van der Waals surface area contributed by atoms with Gasteiger partial charge in [0.2, 0.25) is 11.6 Å². The van der Waals surface area contributed by atoms with Crippen LogP contribution in [0.25, 0.3) is 0 Å². The van der Waals surface area contributed by atoms with E-state index in [9.17, 15) is 0 Å². The molecule has 0 radical (unpaired) electrons. The van der Waals surface area contributed by atoms with Crippen molar-refractivity contribution >= 4 is 15.9 Å². The van der Waals surface area contributed by atoms with E-state index in [0.717, 1.165) is 4.47 Å². The first-order chi connectivity index (χ1) is 9.67. The molecule has 0 atom stereocenters. The Balaban J connectivity index is 2.34. The van der Waals surface area contributed by atoms with Gasteiger partial charge >= 0.3 is 0 Å². The molecule has 1 aromatic heterocycles. The van der Waals surface area contributed by atoms with Gasteiger partial charge in [0.1, 0.15) is 5.75 Å². The highest BCUT2D eigenvalue weighted by Crippen LogP contribution is 2.41. The predicted molar refractivity (Wildman–Crippen MR) is 78.1 cm³/mol. The second kappa shape index (κ2) is 6.47. The molecule has 0 N–H and O–H groups in total. The van der Waals surface area contributed by atoms with Crippen molar-refractivity contribution in [2.24, 2.45) is 0 Å². The lowest BCUT2D eigenvalue weighted by Gasteiger charge is -2.14. The first kappa shape index (κ1) is 14.5. The van der Waals surface area contributed by atoms with Crippen molar-refractivity contribution in [2.75, 3.05) is 21.3 Å². The Morgan fingerprint density at radius 1 is 0.950 bits per heavy atom. The molecular weight excluding hydrogens is 326 g/mol. The molecule has 0 saturated heterocycles. The third kappa shape index (κ3) is 3.14. The molecule has 0 fully saturated rings. The molecule has 0 aliphatic carbocycles. The summed E-state index contributed by atoms with van der Waals surface area (Å²) in [5, 5.41) is 0. The number of ether oxygens (including phenoxy) is 4. The monoisotopic (exact) mass is 339 g/mol. The normalized spacial score (nSPS) is 10.0. The van der Waals surface area contributed by atoms with Crippen LogP contribution in [0.1, 0.15) is 0 Å². The third-order valence-corrected chi connectivity index (χ3v) is 3.03. The third-order valence-electron chi connectivity index (χ3n) is 2.56. The number of hydrogen-bond acceptors (Lipinski definition) is 5. The van der Waals surface area contributed by atoms with E-state index in [-0.39, 0.29) is 0 Å². The summed E-state index contributed by atoms with van der Waals surface area (Å²) in [6.07, 6.45) is 1.66. The molecule has 2 rings (SSSR count). The van der Waals surface area contributed by atoms with Crippen LogP contribution in [0.15, 0.2) is 34.9 Å². The smallest absolute Gasteiger partial charge is 0.219 e. The van der Waals surface area contributed by atoms with Gasteiger partial charge in [0.25, 0.3) is 0 Å². The van der Waals surface area contributed by atoms with E-state index in [1.165, 1.54) is 0 Å². The average Bonchev–Trinajstić information content (AvgIpc) is 2.48. The van der Waals surface area contributed by atoms with Crippen LogP contribution in [-0.2, 0) is 0 Å². The van der Waals surface area contributed by atoms with Crippen molar-refractivity contribution in [3.8, 4) is 28.9 Å². The van der Waals surface area contributed by atoms with Gasteiger partial charge in [-0.05, 0) is 22.0 Å². The van der Waals surface area contributed by atoms with Crippen molar-refractivity contribution in [1.29, 1.82) is 0 Å². The molecule has 0 spiro atoms. The second-order valence-corrected chi connectivity index (χ2v) is 4.69. The minimum atomic E-state index is 0.475. The molecular formula is C14H14BrNO4. The van der Waals surface area contributed by atoms with E-state index in [1.54, 1.807) is 45.7 Å². The number of methoxy groups -OCH3 is 3. The van der Waals surface area contributed by atoms with Crippen LogP contribution in [0, 0.1) is 0 Å². The zero-order valence-electron chi connectivity index (χ0n) is 11.3. The lowest BCUT2D eigenvalue weighted by atomic mass is 10.2. The van der Waals surface area contributed by atoms with Crippen LogP contribution in [-0.4, -0.2) is 26.3 Å². The Kier molecular flexibility index (Phi) is 4.68. The molecule has 0 bridgehead atoms. The van der Waals surface area contributed by atoms with Gasteiger partial charge in [-0.2, -0.15) is 0 Å². The Morgan fingerprint density at radius 3 is 2.05 bits per heavy atom.